The number of carbonyl (C=O) groups is 2. The Balaban J connectivity index is 1.11. The zero-order chi connectivity index (χ0) is 46.0. The van der Waals surface area contributed by atoms with Crippen molar-refractivity contribution in [1.29, 1.82) is 0 Å². The molecule has 14 heteroatoms. The summed E-state index contributed by atoms with van der Waals surface area (Å²) in [4.78, 5) is 32.7. The van der Waals surface area contributed by atoms with Gasteiger partial charge in [0.25, 0.3) is 5.91 Å². The molecule has 1 N–H and O–H groups in total. The number of rotatable bonds is 12. The van der Waals surface area contributed by atoms with Gasteiger partial charge in [-0.3, -0.25) is 14.4 Å². The largest absolute Gasteiger partial charge is 0.494 e. The summed E-state index contributed by atoms with van der Waals surface area (Å²) in [7, 11) is 3.78. The summed E-state index contributed by atoms with van der Waals surface area (Å²) in [6.45, 7) is 13.1. The zero-order valence-corrected chi connectivity index (χ0v) is 40.0. The molecule has 1 amide bonds. The molecule has 9 rings (SSSR count). The maximum absolute atomic E-state index is 15.6. The van der Waals surface area contributed by atoms with Crippen LogP contribution in [0.15, 0.2) is 66.9 Å². The second kappa shape index (κ2) is 17.7. The quantitative estimate of drug-likeness (QED) is 0.122. The Labute approximate surface area is 394 Å². The van der Waals surface area contributed by atoms with Crippen LogP contribution in [0.5, 0.6) is 11.5 Å². The van der Waals surface area contributed by atoms with E-state index in [-0.39, 0.29) is 23.6 Å². The number of carbonyl (C=O) groups excluding carboxylic acids is 1. The lowest BCUT2D eigenvalue weighted by Crippen LogP contribution is -2.43. The van der Waals surface area contributed by atoms with E-state index in [2.05, 4.69) is 22.5 Å². The Morgan fingerprint density at radius 1 is 0.877 bits per heavy atom. The predicted molar refractivity (Wildman–Crippen MR) is 260 cm³/mol. The Morgan fingerprint density at radius 2 is 1.58 bits per heavy atom. The highest BCUT2D eigenvalue weighted by Crippen LogP contribution is 2.46. The van der Waals surface area contributed by atoms with Gasteiger partial charge in [0.05, 0.1) is 39.6 Å². The first-order valence-electron chi connectivity index (χ1n) is 22.2. The standard InChI is InChI=1S/C51H53Cl3N6O5/c1-28-21-37(22-29(2)46(28)54)64-20-8-9-38-39-14-15-42(53)45(44-31(4)55-57(7)32(44)5)48(39)60-30(3)25-59(50(61)49(38)60)43-24-33(23-40-41(51(62)63)27-56(6)47(40)43)26-58-18-16-36(17-19-58)65-35-12-10-34(52)11-13-35/h10-15,21-24,27,30,36H,8-9,16-20,25-26H2,1-7H3,(H,62,63)/t30-/m1/s1. The number of likely N-dealkylation sites (tertiary alicyclic amines) is 1. The molecular formula is C51H53Cl3N6O5. The molecule has 3 aromatic heterocycles. The number of piperidine rings is 1. The number of carboxylic acids is 1. The van der Waals surface area contributed by atoms with Gasteiger partial charge in [0.2, 0.25) is 0 Å². The van der Waals surface area contributed by atoms with E-state index in [1.165, 1.54) is 0 Å². The lowest BCUT2D eigenvalue weighted by molar-refractivity contribution is 0.0698. The fourth-order valence-electron chi connectivity index (χ4n) is 10.1. The van der Waals surface area contributed by atoms with Gasteiger partial charge in [-0.25, -0.2) is 4.79 Å². The first kappa shape index (κ1) is 44.7. The topological polar surface area (TPSA) is 107 Å². The van der Waals surface area contributed by atoms with Crippen molar-refractivity contribution in [3.05, 3.63) is 127 Å². The van der Waals surface area contributed by atoms with Gasteiger partial charge < -0.3 is 28.6 Å². The minimum Gasteiger partial charge on any atom is -0.494 e. The molecule has 0 unspecified atom stereocenters. The number of benzene rings is 4. The van der Waals surface area contributed by atoms with E-state index in [9.17, 15) is 9.90 Å². The van der Waals surface area contributed by atoms with E-state index < -0.39 is 5.97 Å². The SMILES string of the molecule is Cc1cc(OCCCc2c3n(c4c(-c5c(C)nn(C)c5C)c(Cl)ccc24)[C@H](C)CN(c2cc(CN4CCC(Oc5ccc(Cl)cc5)CC4)cc4c(C(=O)O)cn(C)c24)C3=O)cc(C)c1Cl. The molecule has 1 fully saturated rings. The number of aryl methyl sites for hydroxylation is 6. The van der Waals surface area contributed by atoms with Gasteiger partial charge in [0.15, 0.2) is 0 Å². The molecule has 0 radical (unpaired) electrons. The average Bonchev–Trinajstić information content (AvgIpc) is 3.88. The third-order valence-corrected chi connectivity index (χ3v) is 14.4. The molecule has 65 heavy (non-hydrogen) atoms. The second-order valence-corrected chi connectivity index (χ2v) is 19.0. The lowest BCUT2D eigenvalue weighted by Gasteiger charge is -2.35. The maximum Gasteiger partial charge on any atom is 0.337 e. The van der Waals surface area contributed by atoms with Gasteiger partial charge in [-0.1, -0.05) is 40.9 Å². The molecule has 1 atom stereocenters. The summed E-state index contributed by atoms with van der Waals surface area (Å²) in [6.07, 6.45) is 4.60. The summed E-state index contributed by atoms with van der Waals surface area (Å²) < 4.78 is 18.5. The van der Waals surface area contributed by atoms with Crippen molar-refractivity contribution in [2.75, 3.05) is 31.1 Å². The van der Waals surface area contributed by atoms with Crippen LogP contribution in [-0.4, -0.2) is 73.1 Å². The molecule has 0 bridgehead atoms. The monoisotopic (exact) mass is 934 g/mol. The molecule has 1 saturated heterocycles. The summed E-state index contributed by atoms with van der Waals surface area (Å²) in [5, 5.41) is 18.8. The number of aromatic carboxylic acids is 1. The van der Waals surface area contributed by atoms with Crippen molar-refractivity contribution in [2.24, 2.45) is 14.1 Å². The first-order valence-corrected chi connectivity index (χ1v) is 23.3. The highest BCUT2D eigenvalue weighted by atomic mass is 35.5. The summed E-state index contributed by atoms with van der Waals surface area (Å²) in [6, 6.07) is 19.2. The normalized spacial score (nSPS) is 15.9. The maximum atomic E-state index is 15.6. The molecule has 0 aliphatic carbocycles. The van der Waals surface area contributed by atoms with Crippen molar-refractivity contribution in [3.63, 3.8) is 0 Å². The zero-order valence-electron chi connectivity index (χ0n) is 37.8. The smallest absolute Gasteiger partial charge is 0.337 e. The average molecular weight is 936 g/mol. The number of aromatic nitrogens is 4. The lowest BCUT2D eigenvalue weighted by atomic mass is 9.98. The van der Waals surface area contributed by atoms with Crippen LogP contribution in [0.2, 0.25) is 15.1 Å². The third kappa shape index (κ3) is 8.26. The highest BCUT2D eigenvalue weighted by Gasteiger charge is 2.38. The molecule has 0 saturated carbocycles. The van der Waals surface area contributed by atoms with Crippen molar-refractivity contribution < 1.29 is 24.2 Å². The Kier molecular flexibility index (Phi) is 12.2. The minimum absolute atomic E-state index is 0.0744. The van der Waals surface area contributed by atoms with E-state index in [0.29, 0.717) is 64.9 Å². The van der Waals surface area contributed by atoms with Crippen LogP contribution >= 0.6 is 34.8 Å². The number of halogens is 3. The molecule has 2 aliphatic rings. The third-order valence-electron chi connectivity index (χ3n) is 13.3. The summed E-state index contributed by atoms with van der Waals surface area (Å²) in [5.74, 6) is 0.381. The van der Waals surface area contributed by atoms with E-state index in [4.69, 9.17) is 49.4 Å². The van der Waals surface area contributed by atoms with Gasteiger partial charge in [-0.15, -0.1) is 0 Å². The predicted octanol–water partition coefficient (Wildman–Crippen LogP) is 11.7. The number of fused-ring (bicyclic) bond motifs is 4. The van der Waals surface area contributed by atoms with Crippen LogP contribution in [0.4, 0.5) is 5.69 Å². The molecule has 2 aliphatic heterocycles. The summed E-state index contributed by atoms with van der Waals surface area (Å²) >= 11 is 19.8. The van der Waals surface area contributed by atoms with Crippen LogP contribution in [-0.2, 0) is 27.1 Å². The van der Waals surface area contributed by atoms with Gasteiger partial charge >= 0.3 is 5.97 Å². The Bertz CT molecular complexity index is 2990. The number of hydrogen-bond donors (Lipinski definition) is 1. The van der Waals surface area contributed by atoms with Gasteiger partial charge in [0.1, 0.15) is 23.3 Å². The Morgan fingerprint density at radius 3 is 2.25 bits per heavy atom. The number of ether oxygens (including phenoxy) is 2. The molecule has 7 aromatic rings. The number of anilines is 1. The van der Waals surface area contributed by atoms with Crippen LogP contribution in [0.3, 0.4) is 0 Å². The number of hydrogen-bond acceptors (Lipinski definition) is 6. The molecular weight excluding hydrogens is 883 g/mol. The van der Waals surface area contributed by atoms with Crippen molar-refractivity contribution in [1.82, 2.24) is 23.8 Å². The van der Waals surface area contributed by atoms with Gasteiger partial charge in [-0.2, -0.15) is 5.10 Å². The number of carboxylic acid groups (broad SMARTS) is 1. The fourth-order valence-corrected chi connectivity index (χ4v) is 10.6. The van der Waals surface area contributed by atoms with E-state index >= 15 is 4.79 Å². The molecule has 11 nitrogen and oxygen atoms in total. The highest BCUT2D eigenvalue weighted by molar-refractivity contribution is 6.35. The van der Waals surface area contributed by atoms with Crippen molar-refractivity contribution in [2.45, 2.75) is 79.0 Å². The first-order chi connectivity index (χ1) is 31.1. The van der Waals surface area contributed by atoms with Gasteiger partial charge in [-0.05, 0) is 137 Å². The second-order valence-electron chi connectivity index (χ2n) is 17.8. The van der Waals surface area contributed by atoms with E-state index in [0.717, 1.165) is 98.1 Å². The van der Waals surface area contributed by atoms with Crippen molar-refractivity contribution in [3.8, 4) is 22.6 Å². The van der Waals surface area contributed by atoms with E-state index in [1.54, 1.807) is 6.20 Å². The molecule has 0 spiro atoms. The van der Waals surface area contributed by atoms with Crippen molar-refractivity contribution >= 4 is 74.2 Å². The summed E-state index contributed by atoms with van der Waals surface area (Å²) in [5.41, 5.74) is 10.5. The van der Waals surface area contributed by atoms with Crippen LogP contribution in [0.25, 0.3) is 32.9 Å². The number of nitrogens with zero attached hydrogens (tertiary/aromatic N) is 6. The van der Waals surface area contributed by atoms with E-state index in [1.807, 2.05) is 111 Å². The number of amides is 1. The van der Waals surface area contributed by atoms with Crippen LogP contribution < -0.4 is 14.4 Å². The molecule has 5 heterocycles. The minimum atomic E-state index is -1.02. The fraction of sp³-hybridized carbons (Fsp3) is 0.353. The van der Waals surface area contributed by atoms with Crippen LogP contribution in [0, 0.1) is 27.7 Å². The van der Waals surface area contributed by atoms with Crippen LogP contribution in [0.1, 0.15) is 86.7 Å². The molecule has 338 valence electrons. The Hall–Kier alpha value is -5.46. The molecule has 4 aromatic carbocycles. The van der Waals surface area contributed by atoms with Gasteiger partial charge in [0, 0.05) is 90.2 Å².